The Morgan fingerprint density at radius 2 is 1.76 bits per heavy atom. The highest BCUT2D eigenvalue weighted by Crippen LogP contribution is 2.28. The van der Waals surface area contributed by atoms with Crippen molar-refractivity contribution in [1.29, 1.82) is 0 Å². The number of carbonyl (C=O) groups is 1. The second-order valence-electron chi connectivity index (χ2n) is 7.33. The molecule has 1 fully saturated rings. The third-order valence-corrected chi connectivity index (χ3v) is 7.94. The van der Waals surface area contributed by atoms with Crippen LogP contribution >= 0.6 is 11.8 Å². The highest BCUT2D eigenvalue weighted by Gasteiger charge is 2.31. The van der Waals surface area contributed by atoms with Crippen molar-refractivity contribution in [2.45, 2.75) is 37.3 Å². The average molecular weight is 433 g/mol. The van der Waals surface area contributed by atoms with E-state index in [0.29, 0.717) is 25.9 Å². The largest absolute Gasteiger partial charge is 0.325 e. The minimum Gasteiger partial charge on any atom is -0.325 e. The molecular formula is C22H28N2O3S2. The first kappa shape index (κ1) is 21.9. The molecule has 1 N–H and O–H groups in total. The Bertz CT molecular complexity index is 935. The average Bonchev–Trinajstić information content (AvgIpc) is 2.71. The lowest BCUT2D eigenvalue weighted by Gasteiger charge is -2.30. The number of para-hydroxylation sites is 1. The van der Waals surface area contributed by atoms with Crippen LogP contribution < -0.4 is 5.32 Å². The van der Waals surface area contributed by atoms with Gasteiger partial charge in [0, 0.05) is 23.9 Å². The molecule has 3 rings (SSSR count). The van der Waals surface area contributed by atoms with Crippen LogP contribution in [0, 0.1) is 12.8 Å². The standard InChI is InChI=1S/C22H28N2O3S2/c1-3-28-21-7-5-4-6-20(21)23-22(25)19-12-14-24(15-13-19)29(26,27)16-18-10-8-17(2)9-11-18/h4-11,19H,3,12-16H2,1-2H3,(H,23,25). The van der Waals surface area contributed by atoms with Crippen molar-refractivity contribution in [3.63, 3.8) is 0 Å². The van der Waals surface area contributed by atoms with Crippen molar-refractivity contribution < 1.29 is 13.2 Å². The Morgan fingerprint density at radius 1 is 1.10 bits per heavy atom. The number of amides is 1. The molecule has 0 bridgehead atoms. The van der Waals surface area contributed by atoms with Crippen LogP contribution in [0.2, 0.25) is 0 Å². The fraction of sp³-hybridized carbons (Fsp3) is 0.409. The zero-order valence-corrected chi connectivity index (χ0v) is 18.6. The van der Waals surface area contributed by atoms with Gasteiger partial charge in [-0.1, -0.05) is 48.9 Å². The minimum absolute atomic E-state index is 0.00571. The van der Waals surface area contributed by atoms with Gasteiger partial charge >= 0.3 is 0 Å². The number of aryl methyl sites for hydroxylation is 1. The maximum atomic E-state index is 12.7. The Morgan fingerprint density at radius 3 is 2.41 bits per heavy atom. The van der Waals surface area contributed by atoms with E-state index in [9.17, 15) is 13.2 Å². The van der Waals surface area contributed by atoms with Crippen LogP contribution in [-0.4, -0.2) is 37.5 Å². The summed E-state index contributed by atoms with van der Waals surface area (Å²) in [5, 5.41) is 3.04. The summed E-state index contributed by atoms with van der Waals surface area (Å²) >= 11 is 1.69. The van der Waals surface area contributed by atoms with Crippen LogP contribution in [0.25, 0.3) is 0 Å². The Labute approximate surface area is 177 Å². The van der Waals surface area contributed by atoms with Crippen molar-refractivity contribution in [2.75, 3.05) is 24.2 Å². The first-order valence-electron chi connectivity index (χ1n) is 9.95. The zero-order valence-electron chi connectivity index (χ0n) is 16.9. The SMILES string of the molecule is CCSc1ccccc1NC(=O)C1CCN(S(=O)(=O)Cc2ccc(C)cc2)CC1. The summed E-state index contributed by atoms with van der Waals surface area (Å²) in [5.41, 5.74) is 2.73. The first-order valence-corrected chi connectivity index (χ1v) is 12.5. The lowest BCUT2D eigenvalue weighted by Crippen LogP contribution is -2.41. The van der Waals surface area contributed by atoms with Gasteiger partial charge in [0.15, 0.2) is 0 Å². The molecule has 1 saturated heterocycles. The summed E-state index contributed by atoms with van der Waals surface area (Å²) in [6, 6.07) is 15.4. The number of anilines is 1. The third kappa shape index (κ3) is 5.84. The predicted molar refractivity (Wildman–Crippen MR) is 120 cm³/mol. The van der Waals surface area contributed by atoms with Crippen molar-refractivity contribution in [1.82, 2.24) is 4.31 Å². The summed E-state index contributed by atoms with van der Waals surface area (Å²) < 4.78 is 27.0. The molecule has 0 unspecified atom stereocenters. The molecule has 1 amide bonds. The Balaban J connectivity index is 1.57. The number of hydrogen-bond donors (Lipinski definition) is 1. The van der Waals surface area contributed by atoms with Gasteiger partial charge < -0.3 is 5.32 Å². The second kappa shape index (κ2) is 9.78. The molecule has 0 atom stereocenters. The monoisotopic (exact) mass is 432 g/mol. The number of carbonyl (C=O) groups excluding carboxylic acids is 1. The molecule has 1 aliphatic heterocycles. The molecule has 156 valence electrons. The van der Waals surface area contributed by atoms with Gasteiger partial charge in [0.2, 0.25) is 15.9 Å². The first-order chi connectivity index (χ1) is 13.9. The number of benzene rings is 2. The molecular weight excluding hydrogens is 404 g/mol. The van der Waals surface area contributed by atoms with Gasteiger partial charge in [-0.05, 0) is 43.2 Å². The second-order valence-corrected chi connectivity index (χ2v) is 10.6. The topological polar surface area (TPSA) is 66.5 Å². The van der Waals surface area contributed by atoms with E-state index in [1.165, 1.54) is 4.31 Å². The Hall–Kier alpha value is -1.83. The molecule has 0 saturated carbocycles. The summed E-state index contributed by atoms with van der Waals surface area (Å²) in [7, 11) is -3.37. The van der Waals surface area contributed by atoms with Crippen LogP contribution in [0.5, 0.6) is 0 Å². The molecule has 7 heteroatoms. The van der Waals surface area contributed by atoms with Crippen LogP contribution in [0.3, 0.4) is 0 Å². The van der Waals surface area contributed by atoms with Gasteiger partial charge in [0.25, 0.3) is 0 Å². The molecule has 2 aromatic carbocycles. The predicted octanol–water partition coefficient (Wildman–Crippen LogP) is 4.29. The van der Waals surface area contributed by atoms with Gasteiger partial charge in [0.1, 0.15) is 0 Å². The normalized spacial score (nSPS) is 15.9. The van der Waals surface area contributed by atoms with E-state index in [1.807, 2.05) is 55.5 Å². The number of hydrogen-bond acceptors (Lipinski definition) is 4. The lowest BCUT2D eigenvalue weighted by molar-refractivity contribution is -0.120. The highest BCUT2D eigenvalue weighted by molar-refractivity contribution is 7.99. The molecule has 1 heterocycles. The lowest BCUT2D eigenvalue weighted by atomic mass is 9.97. The summed E-state index contributed by atoms with van der Waals surface area (Å²) in [6.07, 6.45) is 1.09. The van der Waals surface area contributed by atoms with E-state index in [2.05, 4.69) is 12.2 Å². The maximum Gasteiger partial charge on any atom is 0.227 e. The van der Waals surface area contributed by atoms with Crippen LogP contribution in [0.4, 0.5) is 5.69 Å². The van der Waals surface area contributed by atoms with Gasteiger partial charge in [0.05, 0.1) is 11.4 Å². The molecule has 0 aromatic heterocycles. The number of nitrogens with zero attached hydrogens (tertiary/aromatic N) is 1. The number of piperidine rings is 1. The van der Waals surface area contributed by atoms with Crippen molar-refractivity contribution in [3.8, 4) is 0 Å². The van der Waals surface area contributed by atoms with Crippen molar-refractivity contribution in [3.05, 3.63) is 59.7 Å². The molecule has 29 heavy (non-hydrogen) atoms. The van der Waals surface area contributed by atoms with E-state index >= 15 is 0 Å². The van der Waals surface area contributed by atoms with Crippen LogP contribution in [0.15, 0.2) is 53.4 Å². The van der Waals surface area contributed by atoms with Gasteiger partial charge in [-0.2, -0.15) is 0 Å². The molecule has 1 aliphatic rings. The minimum atomic E-state index is -3.37. The molecule has 5 nitrogen and oxygen atoms in total. The number of nitrogens with one attached hydrogen (secondary N) is 1. The summed E-state index contributed by atoms with van der Waals surface area (Å²) in [5.74, 6) is 0.751. The van der Waals surface area contributed by atoms with E-state index in [0.717, 1.165) is 27.5 Å². The van der Waals surface area contributed by atoms with Crippen LogP contribution in [-0.2, 0) is 20.6 Å². The van der Waals surface area contributed by atoms with E-state index in [1.54, 1.807) is 11.8 Å². The summed E-state index contributed by atoms with van der Waals surface area (Å²) in [4.78, 5) is 13.8. The van der Waals surface area contributed by atoms with Gasteiger partial charge in [-0.25, -0.2) is 12.7 Å². The fourth-order valence-corrected chi connectivity index (χ4v) is 5.79. The third-order valence-electron chi connectivity index (χ3n) is 5.13. The maximum absolute atomic E-state index is 12.7. The molecule has 0 aliphatic carbocycles. The van der Waals surface area contributed by atoms with Crippen molar-refractivity contribution >= 4 is 33.4 Å². The number of sulfonamides is 1. The highest BCUT2D eigenvalue weighted by atomic mass is 32.2. The van der Waals surface area contributed by atoms with Gasteiger partial charge in [-0.3, -0.25) is 4.79 Å². The molecule has 0 spiro atoms. The van der Waals surface area contributed by atoms with Crippen LogP contribution in [0.1, 0.15) is 30.9 Å². The number of thioether (sulfide) groups is 1. The smallest absolute Gasteiger partial charge is 0.227 e. The van der Waals surface area contributed by atoms with E-state index < -0.39 is 10.0 Å². The fourth-order valence-electron chi connectivity index (χ4n) is 3.47. The molecule has 2 aromatic rings. The van der Waals surface area contributed by atoms with Crippen molar-refractivity contribution in [2.24, 2.45) is 5.92 Å². The summed E-state index contributed by atoms with van der Waals surface area (Å²) in [6.45, 7) is 4.83. The van der Waals surface area contributed by atoms with E-state index in [4.69, 9.17) is 0 Å². The quantitative estimate of drug-likeness (QED) is 0.663. The number of rotatable bonds is 7. The molecule has 0 radical (unpaired) electrons. The van der Waals surface area contributed by atoms with Gasteiger partial charge in [-0.15, -0.1) is 11.8 Å². The zero-order chi connectivity index (χ0) is 20.9. The Kier molecular flexibility index (Phi) is 7.38. The van der Waals surface area contributed by atoms with E-state index in [-0.39, 0.29) is 17.6 Å².